The molecule has 6 nitrogen and oxygen atoms in total. The molecule has 0 bridgehead atoms. The zero-order valence-electron chi connectivity index (χ0n) is 12.9. The number of rotatable bonds is 4. The van der Waals surface area contributed by atoms with Gasteiger partial charge in [-0.3, -0.25) is 4.68 Å². The van der Waals surface area contributed by atoms with E-state index in [9.17, 15) is 0 Å². The van der Waals surface area contributed by atoms with E-state index in [0.29, 0.717) is 0 Å². The standard InChI is InChI=1S/C15H20N6/c1-10-5-15-17-7-13(9-21(15)18-10)6-16-8-14-11(2)19-20(4)12(14)3/h5,7,9,16H,6,8H2,1-4H3. The molecule has 0 aromatic carbocycles. The summed E-state index contributed by atoms with van der Waals surface area (Å²) in [6, 6.07) is 1.97. The summed E-state index contributed by atoms with van der Waals surface area (Å²) in [5.41, 5.74) is 6.53. The predicted molar refractivity (Wildman–Crippen MR) is 80.9 cm³/mol. The summed E-state index contributed by atoms with van der Waals surface area (Å²) in [6.45, 7) is 7.68. The van der Waals surface area contributed by atoms with Crippen molar-refractivity contribution in [2.75, 3.05) is 0 Å². The molecular formula is C15H20N6. The quantitative estimate of drug-likeness (QED) is 0.792. The van der Waals surface area contributed by atoms with Gasteiger partial charge in [0.25, 0.3) is 0 Å². The van der Waals surface area contributed by atoms with Gasteiger partial charge in [-0.15, -0.1) is 0 Å². The van der Waals surface area contributed by atoms with Gasteiger partial charge in [0.1, 0.15) is 0 Å². The second-order valence-electron chi connectivity index (χ2n) is 5.43. The Labute approximate surface area is 123 Å². The van der Waals surface area contributed by atoms with Crippen molar-refractivity contribution in [1.82, 2.24) is 29.7 Å². The van der Waals surface area contributed by atoms with E-state index >= 15 is 0 Å². The molecule has 6 heteroatoms. The molecule has 0 aliphatic carbocycles. The monoisotopic (exact) mass is 284 g/mol. The van der Waals surface area contributed by atoms with Crippen molar-refractivity contribution < 1.29 is 0 Å². The van der Waals surface area contributed by atoms with Crippen LogP contribution < -0.4 is 5.32 Å². The Kier molecular flexibility index (Phi) is 3.47. The molecule has 0 saturated carbocycles. The molecule has 0 radical (unpaired) electrons. The van der Waals surface area contributed by atoms with Crippen LogP contribution in [0.2, 0.25) is 0 Å². The highest BCUT2D eigenvalue weighted by atomic mass is 15.3. The lowest BCUT2D eigenvalue weighted by atomic mass is 10.2. The summed E-state index contributed by atoms with van der Waals surface area (Å²) < 4.78 is 3.75. The number of aromatic nitrogens is 5. The highest BCUT2D eigenvalue weighted by molar-refractivity contribution is 5.38. The van der Waals surface area contributed by atoms with Crippen molar-refractivity contribution in [3.8, 4) is 0 Å². The van der Waals surface area contributed by atoms with E-state index in [0.717, 1.165) is 35.7 Å². The van der Waals surface area contributed by atoms with Crippen LogP contribution in [0.1, 0.15) is 28.2 Å². The molecular weight excluding hydrogens is 264 g/mol. The minimum absolute atomic E-state index is 0.760. The van der Waals surface area contributed by atoms with Crippen molar-refractivity contribution in [3.05, 3.63) is 46.7 Å². The average molecular weight is 284 g/mol. The molecule has 0 saturated heterocycles. The van der Waals surface area contributed by atoms with Crippen molar-refractivity contribution in [2.24, 2.45) is 7.05 Å². The zero-order valence-corrected chi connectivity index (χ0v) is 12.9. The SMILES string of the molecule is Cc1cc2ncc(CNCc3c(C)nn(C)c3C)cn2n1. The van der Waals surface area contributed by atoms with E-state index in [1.54, 1.807) is 0 Å². The summed E-state index contributed by atoms with van der Waals surface area (Å²) in [6.07, 6.45) is 3.91. The topological polar surface area (TPSA) is 60.0 Å². The number of nitrogens with one attached hydrogen (secondary N) is 1. The minimum atomic E-state index is 0.760. The number of nitrogens with zero attached hydrogens (tertiary/aromatic N) is 5. The third kappa shape index (κ3) is 2.67. The fourth-order valence-electron chi connectivity index (χ4n) is 2.53. The number of hydrogen-bond donors (Lipinski definition) is 1. The Hall–Kier alpha value is -2.21. The molecule has 3 aromatic heterocycles. The van der Waals surface area contributed by atoms with Crippen LogP contribution in [0, 0.1) is 20.8 Å². The Bertz CT molecular complexity index is 783. The molecule has 0 atom stereocenters. The summed E-state index contributed by atoms with van der Waals surface area (Å²) in [7, 11) is 1.98. The van der Waals surface area contributed by atoms with Gasteiger partial charge in [0.2, 0.25) is 0 Å². The third-order valence-corrected chi connectivity index (χ3v) is 3.78. The average Bonchev–Trinajstić information content (AvgIpc) is 2.91. The first kappa shape index (κ1) is 13.8. The van der Waals surface area contributed by atoms with Gasteiger partial charge in [-0.05, 0) is 20.8 Å². The Morgan fingerprint density at radius 3 is 2.67 bits per heavy atom. The van der Waals surface area contributed by atoms with Crippen LogP contribution in [0.3, 0.4) is 0 Å². The smallest absolute Gasteiger partial charge is 0.155 e. The highest BCUT2D eigenvalue weighted by Gasteiger charge is 2.08. The fraction of sp³-hybridized carbons (Fsp3) is 0.400. The summed E-state index contributed by atoms with van der Waals surface area (Å²) in [5.74, 6) is 0. The summed E-state index contributed by atoms with van der Waals surface area (Å²) >= 11 is 0. The van der Waals surface area contributed by atoms with Gasteiger partial charge in [-0.2, -0.15) is 10.2 Å². The van der Waals surface area contributed by atoms with E-state index in [1.807, 2.05) is 48.6 Å². The number of hydrogen-bond acceptors (Lipinski definition) is 4. The van der Waals surface area contributed by atoms with Gasteiger partial charge in [0, 0.05) is 55.4 Å². The molecule has 0 spiro atoms. The van der Waals surface area contributed by atoms with Crippen molar-refractivity contribution in [2.45, 2.75) is 33.9 Å². The van der Waals surface area contributed by atoms with E-state index in [-0.39, 0.29) is 0 Å². The first-order valence-corrected chi connectivity index (χ1v) is 7.05. The molecule has 3 heterocycles. The maximum absolute atomic E-state index is 4.43. The maximum atomic E-state index is 4.43. The van der Waals surface area contributed by atoms with Crippen LogP contribution in [-0.4, -0.2) is 24.4 Å². The molecule has 0 fully saturated rings. The molecule has 3 rings (SSSR count). The van der Waals surface area contributed by atoms with Gasteiger partial charge in [-0.1, -0.05) is 0 Å². The van der Waals surface area contributed by atoms with Crippen LogP contribution in [0.25, 0.3) is 5.65 Å². The maximum Gasteiger partial charge on any atom is 0.155 e. The van der Waals surface area contributed by atoms with Gasteiger partial charge < -0.3 is 5.32 Å². The van der Waals surface area contributed by atoms with E-state index in [1.165, 1.54) is 11.3 Å². The van der Waals surface area contributed by atoms with Crippen LogP contribution in [0.4, 0.5) is 0 Å². The third-order valence-electron chi connectivity index (χ3n) is 3.78. The lowest BCUT2D eigenvalue weighted by molar-refractivity contribution is 0.677. The largest absolute Gasteiger partial charge is 0.308 e. The van der Waals surface area contributed by atoms with Crippen LogP contribution >= 0.6 is 0 Å². The molecule has 0 aliphatic heterocycles. The molecule has 21 heavy (non-hydrogen) atoms. The fourth-order valence-corrected chi connectivity index (χ4v) is 2.53. The van der Waals surface area contributed by atoms with Crippen molar-refractivity contribution in [1.29, 1.82) is 0 Å². The van der Waals surface area contributed by atoms with Crippen molar-refractivity contribution in [3.63, 3.8) is 0 Å². The summed E-state index contributed by atoms with van der Waals surface area (Å²) in [5, 5.41) is 12.3. The minimum Gasteiger partial charge on any atom is -0.308 e. The van der Waals surface area contributed by atoms with Gasteiger partial charge in [0.15, 0.2) is 5.65 Å². The first-order valence-electron chi connectivity index (χ1n) is 7.05. The van der Waals surface area contributed by atoms with Gasteiger partial charge in [0.05, 0.1) is 11.4 Å². The molecule has 0 amide bonds. The van der Waals surface area contributed by atoms with E-state index in [4.69, 9.17) is 0 Å². The predicted octanol–water partition coefficient (Wildman–Crippen LogP) is 1.68. The molecule has 0 unspecified atom stereocenters. The normalized spacial score (nSPS) is 11.4. The van der Waals surface area contributed by atoms with Crippen LogP contribution in [-0.2, 0) is 20.1 Å². The second-order valence-corrected chi connectivity index (χ2v) is 5.43. The second kappa shape index (κ2) is 5.29. The molecule has 3 aromatic rings. The number of fused-ring (bicyclic) bond motifs is 1. The lowest BCUT2D eigenvalue weighted by Crippen LogP contribution is -2.14. The summed E-state index contributed by atoms with van der Waals surface area (Å²) in [4.78, 5) is 4.41. The van der Waals surface area contributed by atoms with E-state index < -0.39 is 0 Å². The zero-order chi connectivity index (χ0) is 15.0. The van der Waals surface area contributed by atoms with Crippen LogP contribution in [0.15, 0.2) is 18.5 Å². The highest BCUT2D eigenvalue weighted by Crippen LogP contribution is 2.11. The van der Waals surface area contributed by atoms with Crippen LogP contribution in [0.5, 0.6) is 0 Å². The number of aryl methyl sites for hydroxylation is 3. The van der Waals surface area contributed by atoms with Gasteiger partial charge in [-0.25, -0.2) is 9.50 Å². The Morgan fingerprint density at radius 1 is 1.14 bits per heavy atom. The first-order chi connectivity index (χ1) is 10.0. The Balaban J connectivity index is 1.68. The molecule has 0 aliphatic rings. The lowest BCUT2D eigenvalue weighted by Gasteiger charge is -2.06. The molecule has 1 N–H and O–H groups in total. The molecule has 110 valence electrons. The Morgan fingerprint density at radius 2 is 1.95 bits per heavy atom. The van der Waals surface area contributed by atoms with Gasteiger partial charge >= 0.3 is 0 Å². The van der Waals surface area contributed by atoms with E-state index in [2.05, 4.69) is 27.4 Å². The van der Waals surface area contributed by atoms with Crippen molar-refractivity contribution >= 4 is 5.65 Å².